The molecular weight excluding hydrogens is 476 g/mol. The van der Waals surface area contributed by atoms with Gasteiger partial charge < -0.3 is 10.0 Å². The van der Waals surface area contributed by atoms with Crippen LogP contribution in [0.4, 0.5) is 5.69 Å². The summed E-state index contributed by atoms with van der Waals surface area (Å²) in [6, 6.07) is 7.88. The number of carbonyl (C=O) groups excluding carboxylic acids is 1. The smallest absolute Gasteiger partial charge is 0.265 e. The molecule has 2 aliphatic carbocycles. The van der Waals surface area contributed by atoms with Crippen LogP contribution in [-0.4, -0.2) is 66.1 Å². The number of rotatable bonds is 13. The first-order valence-corrected chi connectivity index (χ1v) is 14.6. The highest BCUT2D eigenvalue weighted by Gasteiger charge is 2.44. The summed E-state index contributed by atoms with van der Waals surface area (Å²) in [5.74, 6) is -1.00. The van der Waals surface area contributed by atoms with Crippen LogP contribution in [-0.2, 0) is 14.9 Å². The zero-order chi connectivity index (χ0) is 26.3. The van der Waals surface area contributed by atoms with Crippen LogP contribution in [0.15, 0.2) is 54.3 Å². The maximum absolute atomic E-state index is 13.1. The standard InChI is InChI=1S/C28H38N2O5S/c1-4-16-29(17-5-2)23-12-8-21(9-13-23)25-27(31)26(28(25)32)22-10-14-24(15-11-22)30(18-6-3)19-7-20-36(33,34)35/h8-15,22,26H,4-7,16-20H2,1-3H3,(H-,31,32,33,34,35)/p+1. The fourth-order valence-corrected chi connectivity index (χ4v) is 5.42. The molecular formula is C28H39N2O5S+. The molecule has 1 unspecified atom stereocenters. The van der Waals surface area contributed by atoms with Crippen LogP contribution in [0.3, 0.4) is 0 Å². The van der Waals surface area contributed by atoms with Gasteiger partial charge in [-0.25, -0.2) is 4.58 Å². The van der Waals surface area contributed by atoms with E-state index in [4.69, 9.17) is 4.55 Å². The normalized spacial score (nSPS) is 19.6. The average Bonchev–Trinajstić information content (AvgIpc) is 2.84. The first-order chi connectivity index (χ1) is 17.2. The van der Waals surface area contributed by atoms with Crippen molar-refractivity contribution in [3.05, 3.63) is 59.9 Å². The number of aliphatic hydroxyl groups excluding tert-OH is 1. The van der Waals surface area contributed by atoms with Crippen LogP contribution in [0.5, 0.6) is 0 Å². The number of anilines is 1. The van der Waals surface area contributed by atoms with E-state index >= 15 is 0 Å². The summed E-state index contributed by atoms with van der Waals surface area (Å²) in [7, 11) is -3.98. The Labute approximate surface area is 215 Å². The third-order valence-corrected chi connectivity index (χ3v) is 7.44. The summed E-state index contributed by atoms with van der Waals surface area (Å²) in [5, 5.41) is 10.8. The molecule has 0 radical (unpaired) electrons. The lowest BCUT2D eigenvalue weighted by atomic mass is 9.71. The highest BCUT2D eigenvalue weighted by molar-refractivity contribution is 7.85. The second kappa shape index (κ2) is 12.5. The second-order valence-corrected chi connectivity index (χ2v) is 11.1. The molecule has 0 spiro atoms. The van der Waals surface area contributed by atoms with Crippen LogP contribution < -0.4 is 4.90 Å². The zero-order valence-electron chi connectivity index (χ0n) is 21.6. The molecule has 0 saturated heterocycles. The van der Waals surface area contributed by atoms with E-state index in [1.807, 2.05) is 55.5 Å². The topological polar surface area (TPSA) is 97.9 Å². The summed E-state index contributed by atoms with van der Waals surface area (Å²) >= 11 is 0. The Morgan fingerprint density at radius 2 is 1.56 bits per heavy atom. The van der Waals surface area contributed by atoms with Gasteiger partial charge in [0.1, 0.15) is 18.8 Å². The number of ketones is 1. The predicted octanol–water partition coefficient (Wildman–Crippen LogP) is 4.66. The molecule has 1 aromatic rings. The Hall–Kier alpha value is -2.71. The summed E-state index contributed by atoms with van der Waals surface area (Å²) in [6.07, 6.45) is 11.1. The fourth-order valence-electron chi connectivity index (χ4n) is 4.93. The van der Waals surface area contributed by atoms with Crippen LogP contribution in [0.1, 0.15) is 52.0 Å². The van der Waals surface area contributed by atoms with Crippen molar-refractivity contribution in [3.8, 4) is 0 Å². The van der Waals surface area contributed by atoms with E-state index < -0.39 is 16.0 Å². The summed E-state index contributed by atoms with van der Waals surface area (Å²) in [5.41, 5.74) is 3.20. The number of hydrogen-bond acceptors (Lipinski definition) is 5. The quantitative estimate of drug-likeness (QED) is 0.293. The molecule has 196 valence electrons. The lowest BCUT2D eigenvalue weighted by molar-refractivity contribution is -0.526. The first-order valence-electron chi connectivity index (χ1n) is 13.0. The molecule has 0 fully saturated rings. The van der Waals surface area contributed by atoms with Crippen molar-refractivity contribution in [2.45, 2.75) is 46.5 Å². The van der Waals surface area contributed by atoms with Gasteiger partial charge in [0.25, 0.3) is 10.1 Å². The van der Waals surface area contributed by atoms with Crippen LogP contribution in [0.2, 0.25) is 0 Å². The number of benzene rings is 1. The lowest BCUT2D eigenvalue weighted by Gasteiger charge is -2.32. The minimum Gasteiger partial charge on any atom is -0.511 e. The lowest BCUT2D eigenvalue weighted by Crippen LogP contribution is -2.36. The fraction of sp³-hybridized carbons (Fsp3) is 0.500. The number of aliphatic hydroxyl groups is 1. The Kier molecular flexibility index (Phi) is 9.68. The SMILES string of the molecule is CCCN(CCC)c1ccc(C2=C(O)C(C3C=CC(=[N+](CCC)CCCS(=O)(=O)O)C=C3)C2=O)cc1. The highest BCUT2D eigenvalue weighted by atomic mass is 32.2. The monoisotopic (exact) mass is 515 g/mol. The summed E-state index contributed by atoms with van der Waals surface area (Å²) < 4.78 is 33.1. The number of hydrogen-bond donors (Lipinski definition) is 2. The van der Waals surface area contributed by atoms with Crippen molar-refractivity contribution < 1.29 is 27.4 Å². The second-order valence-electron chi connectivity index (χ2n) is 9.48. The van der Waals surface area contributed by atoms with Gasteiger partial charge in [-0.15, -0.1) is 0 Å². The van der Waals surface area contributed by atoms with Gasteiger partial charge in [0, 0.05) is 49.7 Å². The molecule has 0 aromatic heterocycles. The molecule has 0 saturated carbocycles. The van der Waals surface area contributed by atoms with Crippen LogP contribution >= 0.6 is 0 Å². The van der Waals surface area contributed by atoms with Crippen molar-refractivity contribution in [1.29, 1.82) is 0 Å². The molecule has 2 aliphatic rings. The van der Waals surface area contributed by atoms with Gasteiger partial charge >= 0.3 is 0 Å². The van der Waals surface area contributed by atoms with Gasteiger partial charge in [-0.3, -0.25) is 9.35 Å². The number of allylic oxidation sites excluding steroid dienone is 6. The van der Waals surface area contributed by atoms with E-state index in [1.165, 1.54) is 0 Å². The van der Waals surface area contributed by atoms with Crippen molar-refractivity contribution in [3.63, 3.8) is 0 Å². The summed E-state index contributed by atoms with van der Waals surface area (Å²) in [6.45, 7) is 9.59. The zero-order valence-corrected chi connectivity index (χ0v) is 22.4. The third kappa shape index (κ3) is 6.73. The van der Waals surface area contributed by atoms with Gasteiger partial charge in [0.2, 0.25) is 0 Å². The Bertz CT molecular complexity index is 1140. The first kappa shape index (κ1) is 27.9. The van der Waals surface area contributed by atoms with E-state index in [-0.39, 0.29) is 23.2 Å². The van der Waals surface area contributed by atoms with Crippen molar-refractivity contribution in [1.82, 2.24) is 0 Å². The summed E-state index contributed by atoms with van der Waals surface area (Å²) in [4.78, 5) is 15.4. The molecule has 0 heterocycles. The molecule has 8 heteroatoms. The third-order valence-electron chi connectivity index (χ3n) is 6.64. The molecule has 1 aromatic carbocycles. The predicted molar refractivity (Wildman–Crippen MR) is 145 cm³/mol. The number of nitrogens with zero attached hydrogens (tertiary/aromatic N) is 2. The minimum absolute atomic E-state index is 0.0551. The van der Waals surface area contributed by atoms with Crippen molar-refractivity contribution in [2.24, 2.45) is 11.8 Å². The van der Waals surface area contributed by atoms with E-state index in [0.717, 1.165) is 55.9 Å². The molecule has 7 nitrogen and oxygen atoms in total. The molecule has 0 amide bonds. The van der Waals surface area contributed by atoms with Gasteiger partial charge in [0.05, 0.1) is 17.2 Å². The van der Waals surface area contributed by atoms with E-state index in [9.17, 15) is 18.3 Å². The molecule has 36 heavy (non-hydrogen) atoms. The van der Waals surface area contributed by atoms with Gasteiger partial charge in [-0.1, -0.05) is 45.1 Å². The minimum atomic E-state index is -3.98. The Balaban J connectivity index is 1.72. The molecule has 3 rings (SSSR count). The molecule has 0 aliphatic heterocycles. The van der Waals surface area contributed by atoms with Gasteiger partial charge in [-0.05, 0) is 30.5 Å². The van der Waals surface area contributed by atoms with E-state index in [0.29, 0.717) is 18.5 Å². The van der Waals surface area contributed by atoms with E-state index in [2.05, 4.69) is 23.3 Å². The van der Waals surface area contributed by atoms with Crippen molar-refractivity contribution in [2.75, 3.05) is 36.8 Å². The molecule has 2 N–H and O–H groups in total. The van der Waals surface area contributed by atoms with Crippen LogP contribution in [0.25, 0.3) is 5.57 Å². The number of Topliss-reactive ketones (excluding diaryl/α,β-unsaturated/α-hetero) is 1. The molecule has 0 bridgehead atoms. The number of carbonyl (C=O) groups is 1. The van der Waals surface area contributed by atoms with E-state index in [1.54, 1.807) is 0 Å². The highest BCUT2D eigenvalue weighted by Crippen LogP contribution is 2.42. The largest absolute Gasteiger partial charge is 0.511 e. The maximum Gasteiger partial charge on any atom is 0.265 e. The van der Waals surface area contributed by atoms with Gasteiger partial charge in [0.15, 0.2) is 11.5 Å². The van der Waals surface area contributed by atoms with Crippen LogP contribution in [0, 0.1) is 11.8 Å². The maximum atomic E-state index is 13.1. The molecule has 1 atom stereocenters. The average molecular weight is 516 g/mol. The van der Waals surface area contributed by atoms with Gasteiger partial charge in [-0.2, -0.15) is 8.42 Å². The van der Waals surface area contributed by atoms with Crippen molar-refractivity contribution >= 4 is 32.9 Å². The Morgan fingerprint density at radius 1 is 0.944 bits per heavy atom. The Morgan fingerprint density at radius 3 is 2.06 bits per heavy atom.